The van der Waals surface area contributed by atoms with E-state index in [0.29, 0.717) is 17.9 Å². The fourth-order valence-corrected chi connectivity index (χ4v) is 2.30. The molecule has 102 valence electrons. The fraction of sp³-hybridized carbons (Fsp3) is 0.429. The normalized spacial score (nSPS) is 22.3. The van der Waals surface area contributed by atoms with Crippen LogP contribution in [0.3, 0.4) is 0 Å². The van der Waals surface area contributed by atoms with Crippen molar-refractivity contribution < 1.29 is 19.1 Å². The maximum atomic E-state index is 11.8. The van der Waals surface area contributed by atoms with Gasteiger partial charge in [-0.05, 0) is 24.6 Å². The van der Waals surface area contributed by atoms with Crippen molar-refractivity contribution in [3.8, 4) is 11.5 Å². The van der Waals surface area contributed by atoms with Gasteiger partial charge in [-0.15, -0.1) is 0 Å². The molecule has 0 spiro atoms. The van der Waals surface area contributed by atoms with E-state index in [4.69, 9.17) is 9.47 Å². The molecule has 2 rings (SSSR count). The van der Waals surface area contributed by atoms with Crippen LogP contribution in [0.2, 0.25) is 0 Å². The molecule has 0 bridgehead atoms. The van der Waals surface area contributed by atoms with Gasteiger partial charge >= 0.3 is 0 Å². The van der Waals surface area contributed by atoms with Crippen LogP contribution in [0.15, 0.2) is 18.2 Å². The molecule has 1 aliphatic rings. The molecule has 1 atom stereocenters. The fourth-order valence-electron chi connectivity index (χ4n) is 2.30. The molecule has 19 heavy (non-hydrogen) atoms. The summed E-state index contributed by atoms with van der Waals surface area (Å²) in [6, 6.07) is 5.48. The predicted octanol–water partition coefficient (Wildman–Crippen LogP) is 1.09. The standard InChI is InChI=1S/C14H17NO4/c1-14(12(16)7-13(17)15-14)8-9-4-5-10(18-2)11(6-9)19-3/h4-6H,7-8H2,1-3H3,(H,15,17). The Morgan fingerprint density at radius 1 is 1.21 bits per heavy atom. The van der Waals surface area contributed by atoms with Crippen LogP contribution in [0.4, 0.5) is 0 Å². The molecule has 0 radical (unpaired) electrons. The van der Waals surface area contributed by atoms with E-state index < -0.39 is 5.54 Å². The summed E-state index contributed by atoms with van der Waals surface area (Å²) in [6.45, 7) is 1.75. The van der Waals surface area contributed by atoms with E-state index in [9.17, 15) is 9.59 Å². The summed E-state index contributed by atoms with van der Waals surface area (Å²) in [5.41, 5.74) is 0.0900. The minimum Gasteiger partial charge on any atom is -0.493 e. The van der Waals surface area contributed by atoms with Gasteiger partial charge in [0.25, 0.3) is 0 Å². The first-order valence-corrected chi connectivity index (χ1v) is 6.04. The lowest BCUT2D eigenvalue weighted by Gasteiger charge is -2.22. The first-order chi connectivity index (χ1) is 8.98. The molecular formula is C14H17NO4. The molecule has 1 saturated heterocycles. The van der Waals surface area contributed by atoms with Crippen molar-refractivity contribution >= 4 is 11.7 Å². The minimum atomic E-state index is -0.823. The van der Waals surface area contributed by atoms with Gasteiger partial charge in [0.1, 0.15) is 5.54 Å². The van der Waals surface area contributed by atoms with Crippen LogP contribution in [-0.2, 0) is 16.0 Å². The zero-order valence-electron chi connectivity index (χ0n) is 11.3. The highest BCUT2D eigenvalue weighted by atomic mass is 16.5. The van der Waals surface area contributed by atoms with Crippen LogP contribution in [0.1, 0.15) is 18.9 Å². The molecule has 1 unspecified atom stereocenters. The van der Waals surface area contributed by atoms with Crippen molar-refractivity contribution in [2.45, 2.75) is 25.3 Å². The lowest BCUT2D eigenvalue weighted by molar-refractivity contribution is -0.123. The Labute approximate surface area is 111 Å². The molecule has 1 heterocycles. The molecule has 0 saturated carbocycles. The van der Waals surface area contributed by atoms with Crippen LogP contribution < -0.4 is 14.8 Å². The number of hydrogen-bond acceptors (Lipinski definition) is 4. The Balaban J connectivity index is 2.24. The van der Waals surface area contributed by atoms with Gasteiger partial charge in [0.05, 0.1) is 20.6 Å². The van der Waals surface area contributed by atoms with Gasteiger partial charge < -0.3 is 14.8 Å². The van der Waals surface area contributed by atoms with Gasteiger partial charge in [-0.1, -0.05) is 6.07 Å². The molecule has 1 fully saturated rings. The van der Waals surface area contributed by atoms with Crippen molar-refractivity contribution in [1.29, 1.82) is 0 Å². The number of Topliss-reactive ketones (excluding diaryl/α,β-unsaturated/α-hetero) is 1. The summed E-state index contributed by atoms with van der Waals surface area (Å²) in [4.78, 5) is 23.2. The van der Waals surface area contributed by atoms with Crippen molar-refractivity contribution in [2.75, 3.05) is 14.2 Å². The lowest BCUT2D eigenvalue weighted by atomic mass is 9.90. The average Bonchev–Trinajstić information content (AvgIpc) is 2.62. The molecule has 1 aromatic rings. The Morgan fingerprint density at radius 2 is 1.89 bits per heavy atom. The van der Waals surface area contributed by atoms with Crippen molar-refractivity contribution in [3.05, 3.63) is 23.8 Å². The third-order valence-electron chi connectivity index (χ3n) is 3.36. The number of nitrogens with one attached hydrogen (secondary N) is 1. The van der Waals surface area contributed by atoms with Crippen LogP contribution in [0, 0.1) is 0 Å². The van der Waals surface area contributed by atoms with E-state index in [-0.39, 0.29) is 18.1 Å². The molecule has 5 nitrogen and oxygen atoms in total. The molecule has 0 aliphatic carbocycles. The molecule has 1 amide bonds. The van der Waals surface area contributed by atoms with Gasteiger partial charge in [0, 0.05) is 6.42 Å². The molecule has 5 heteroatoms. The van der Waals surface area contributed by atoms with Gasteiger partial charge in [-0.25, -0.2) is 0 Å². The highest BCUT2D eigenvalue weighted by molar-refractivity contribution is 6.10. The van der Waals surface area contributed by atoms with E-state index in [1.54, 1.807) is 27.2 Å². The third-order valence-corrected chi connectivity index (χ3v) is 3.36. The maximum Gasteiger partial charge on any atom is 0.228 e. The topological polar surface area (TPSA) is 64.6 Å². The summed E-state index contributed by atoms with van der Waals surface area (Å²) in [6.07, 6.45) is 0.404. The second-order valence-electron chi connectivity index (χ2n) is 4.85. The Morgan fingerprint density at radius 3 is 2.42 bits per heavy atom. The average molecular weight is 263 g/mol. The maximum absolute atomic E-state index is 11.8. The number of benzene rings is 1. The summed E-state index contributed by atoms with van der Waals surface area (Å²) in [5, 5.41) is 2.73. The summed E-state index contributed by atoms with van der Waals surface area (Å²) in [5.74, 6) is 0.957. The Hall–Kier alpha value is -2.04. The van der Waals surface area contributed by atoms with Crippen LogP contribution in [0.5, 0.6) is 11.5 Å². The van der Waals surface area contributed by atoms with E-state index in [1.807, 2.05) is 12.1 Å². The zero-order chi connectivity index (χ0) is 14.0. The summed E-state index contributed by atoms with van der Waals surface area (Å²) in [7, 11) is 3.13. The summed E-state index contributed by atoms with van der Waals surface area (Å²) < 4.78 is 10.4. The van der Waals surface area contributed by atoms with Crippen molar-refractivity contribution in [3.63, 3.8) is 0 Å². The van der Waals surface area contributed by atoms with Crippen molar-refractivity contribution in [2.24, 2.45) is 0 Å². The first-order valence-electron chi connectivity index (χ1n) is 6.04. The number of ketones is 1. The number of methoxy groups -OCH3 is 2. The highest BCUT2D eigenvalue weighted by Gasteiger charge is 2.41. The molecule has 0 aromatic heterocycles. The second kappa shape index (κ2) is 4.91. The van der Waals surface area contributed by atoms with E-state index in [2.05, 4.69) is 5.32 Å². The monoisotopic (exact) mass is 263 g/mol. The number of carbonyl (C=O) groups excluding carboxylic acids is 2. The molecule has 1 aromatic carbocycles. The zero-order valence-corrected chi connectivity index (χ0v) is 11.3. The third kappa shape index (κ3) is 2.54. The van der Waals surface area contributed by atoms with Crippen LogP contribution in [0.25, 0.3) is 0 Å². The van der Waals surface area contributed by atoms with Gasteiger partial charge in [0.15, 0.2) is 17.3 Å². The second-order valence-corrected chi connectivity index (χ2v) is 4.85. The highest BCUT2D eigenvalue weighted by Crippen LogP contribution is 2.30. The Kier molecular flexibility index (Phi) is 3.46. The number of carbonyl (C=O) groups is 2. The molecular weight excluding hydrogens is 246 g/mol. The minimum absolute atomic E-state index is 0.0379. The number of hydrogen-bond donors (Lipinski definition) is 1. The van der Waals surface area contributed by atoms with E-state index in [0.717, 1.165) is 5.56 Å². The molecule has 1 N–H and O–H groups in total. The quantitative estimate of drug-likeness (QED) is 0.826. The van der Waals surface area contributed by atoms with Gasteiger partial charge in [-0.2, -0.15) is 0 Å². The van der Waals surface area contributed by atoms with E-state index >= 15 is 0 Å². The number of rotatable bonds is 4. The lowest BCUT2D eigenvalue weighted by Crippen LogP contribution is -2.45. The number of ether oxygens (including phenoxy) is 2. The van der Waals surface area contributed by atoms with Gasteiger partial charge in [-0.3, -0.25) is 9.59 Å². The van der Waals surface area contributed by atoms with E-state index in [1.165, 1.54) is 0 Å². The summed E-state index contributed by atoms with van der Waals surface area (Å²) >= 11 is 0. The smallest absolute Gasteiger partial charge is 0.228 e. The SMILES string of the molecule is COc1ccc(CC2(C)NC(=O)CC2=O)cc1OC. The van der Waals surface area contributed by atoms with Gasteiger partial charge in [0.2, 0.25) is 5.91 Å². The largest absolute Gasteiger partial charge is 0.493 e. The predicted molar refractivity (Wildman–Crippen MR) is 69.4 cm³/mol. The molecule has 1 aliphatic heterocycles. The van der Waals surface area contributed by atoms with Crippen molar-refractivity contribution in [1.82, 2.24) is 5.32 Å². The first kappa shape index (κ1) is 13.4. The van der Waals surface area contributed by atoms with Crippen LogP contribution in [-0.4, -0.2) is 31.4 Å². The van der Waals surface area contributed by atoms with Crippen LogP contribution >= 0.6 is 0 Å². The Bertz CT molecular complexity index is 526. The number of amides is 1.